The zero-order valence-corrected chi connectivity index (χ0v) is 23.9. The van der Waals surface area contributed by atoms with Crippen LogP contribution in [0.1, 0.15) is 32.3 Å². The lowest BCUT2D eigenvalue weighted by Gasteiger charge is -2.15. The number of halogens is 4. The first-order valence-electron chi connectivity index (χ1n) is 11.8. The molecule has 2 N–H and O–H groups in total. The van der Waals surface area contributed by atoms with Gasteiger partial charge >= 0.3 is 12.2 Å². The number of aryl methyl sites for hydroxylation is 2. The number of nitrogens with zero attached hydrogens (tertiary/aromatic N) is 3. The molecule has 0 radical (unpaired) electrons. The van der Waals surface area contributed by atoms with Crippen molar-refractivity contribution in [1.82, 2.24) is 14.5 Å². The van der Waals surface area contributed by atoms with Crippen LogP contribution in [0.3, 0.4) is 0 Å². The van der Waals surface area contributed by atoms with E-state index in [0.717, 1.165) is 0 Å². The summed E-state index contributed by atoms with van der Waals surface area (Å²) in [6, 6.07) is 8.57. The van der Waals surface area contributed by atoms with Crippen LogP contribution in [0.25, 0.3) is 11.3 Å². The maximum atomic E-state index is 14.3. The number of nitrogens with one attached hydrogen (secondary N) is 1. The summed E-state index contributed by atoms with van der Waals surface area (Å²) in [4.78, 5) is 20.1. The van der Waals surface area contributed by atoms with Gasteiger partial charge in [-0.15, -0.1) is 0 Å². The first-order chi connectivity index (χ1) is 18.8. The highest BCUT2D eigenvalue weighted by Crippen LogP contribution is 2.29. The predicted octanol–water partition coefficient (Wildman–Crippen LogP) is 4.45. The third kappa shape index (κ3) is 10.7. The van der Waals surface area contributed by atoms with Gasteiger partial charge in [-0.1, -0.05) is 19.1 Å². The zero-order valence-electron chi connectivity index (χ0n) is 22.3. The number of hydrogen-bond acceptors (Lipinski definition) is 8. The van der Waals surface area contributed by atoms with E-state index in [-0.39, 0.29) is 23.1 Å². The van der Waals surface area contributed by atoms with Crippen LogP contribution in [0.5, 0.6) is 11.8 Å². The van der Waals surface area contributed by atoms with Crippen molar-refractivity contribution in [3.8, 4) is 23.0 Å². The Morgan fingerprint density at radius 1 is 1.12 bits per heavy atom. The molecular formula is C24H28F4N4O7S2. The number of anilines is 1. The zero-order chi connectivity index (χ0) is 31.2. The van der Waals surface area contributed by atoms with Crippen LogP contribution >= 0.6 is 0 Å². The highest BCUT2D eigenvalue weighted by atomic mass is 32.2. The Kier molecular flexibility index (Phi) is 11.0. The fraction of sp³-hybridized carbons (Fsp3) is 0.375. The number of rotatable bonds is 9. The average Bonchev–Trinajstić information content (AvgIpc) is 2.85. The normalized spacial score (nSPS) is 12.7. The summed E-state index contributed by atoms with van der Waals surface area (Å²) in [6.45, 7) is 5.01. The van der Waals surface area contributed by atoms with Crippen molar-refractivity contribution in [3.05, 3.63) is 64.3 Å². The molecule has 0 saturated heterocycles. The summed E-state index contributed by atoms with van der Waals surface area (Å²) < 4.78 is 110. The van der Waals surface area contributed by atoms with Crippen molar-refractivity contribution in [3.63, 3.8) is 0 Å². The topological polar surface area (TPSA) is 158 Å². The number of hydrogen-bond donors (Lipinski definition) is 2. The van der Waals surface area contributed by atoms with Gasteiger partial charge in [-0.2, -0.15) is 31.6 Å². The Morgan fingerprint density at radius 2 is 1.78 bits per heavy atom. The number of pyridine rings is 1. The maximum Gasteiger partial charge on any atom is 0.390 e. The molecule has 1 atom stereocenters. The molecule has 0 spiro atoms. The molecule has 2 aromatic heterocycles. The van der Waals surface area contributed by atoms with Gasteiger partial charge in [0.25, 0.3) is 10.1 Å². The van der Waals surface area contributed by atoms with E-state index in [1.807, 2.05) is 0 Å². The Hall–Kier alpha value is -3.57. The van der Waals surface area contributed by atoms with Crippen LogP contribution in [0.15, 0.2) is 47.4 Å². The van der Waals surface area contributed by atoms with E-state index in [4.69, 9.17) is 9.29 Å². The van der Waals surface area contributed by atoms with Crippen LogP contribution in [-0.2, 0) is 27.2 Å². The number of para-hydroxylation sites is 1. The van der Waals surface area contributed by atoms with Gasteiger partial charge in [0.05, 0.1) is 23.1 Å². The monoisotopic (exact) mass is 624 g/mol. The third-order valence-electron chi connectivity index (χ3n) is 5.44. The van der Waals surface area contributed by atoms with Gasteiger partial charge in [0.2, 0.25) is 15.6 Å². The molecule has 0 aliphatic carbocycles. The molecule has 41 heavy (non-hydrogen) atoms. The molecule has 0 saturated carbocycles. The summed E-state index contributed by atoms with van der Waals surface area (Å²) in [6.07, 6.45) is -4.08. The van der Waals surface area contributed by atoms with Gasteiger partial charge in [-0.05, 0) is 38.0 Å². The lowest BCUT2D eigenvalue weighted by molar-refractivity contribution is -0.130. The summed E-state index contributed by atoms with van der Waals surface area (Å²) in [5, 5.41) is -0.651. The first-order valence-corrected chi connectivity index (χ1v) is 15.0. The van der Waals surface area contributed by atoms with E-state index in [1.165, 1.54) is 22.8 Å². The van der Waals surface area contributed by atoms with Crippen molar-refractivity contribution < 1.29 is 43.7 Å². The average molecular weight is 625 g/mol. The number of alkyl halides is 3. The molecule has 3 aromatic rings. The number of sulfonamides is 1. The SMILES string of the molecule is CC[C@@H](C)S(=O)(=O)Nc1cc(-c2ccc(=O)n(C)c2)nc(Oc2c(C)cccc2F)n1.O=S(=O)(O)CCC(F)(F)F. The van der Waals surface area contributed by atoms with Crippen molar-refractivity contribution in [2.45, 2.75) is 45.0 Å². The second-order valence-corrected chi connectivity index (χ2v) is 12.5. The largest absolute Gasteiger partial charge is 0.421 e. The first kappa shape index (κ1) is 33.6. The van der Waals surface area contributed by atoms with E-state index in [0.29, 0.717) is 23.2 Å². The number of aromatic nitrogens is 3. The van der Waals surface area contributed by atoms with Gasteiger partial charge in [0.15, 0.2) is 11.6 Å². The Bertz CT molecular complexity index is 1620. The Morgan fingerprint density at radius 3 is 2.29 bits per heavy atom. The summed E-state index contributed by atoms with van der Waals surface area (Å²) >= 11 is 0. The van der Waals surface area contributed by atoms with Gasteiger partial charge < -0.3 is 9.30 Å². The maximum absolute atomic E-state index is 14.3. The van der Waals surface area contributed by atoms with Crippen molar-refractivity contribution in [2.75, 3.05) is 10.5 Å². The quantitative estimate of drug-likeness (QED) is 0.259. The van der Waals surface area contributed by atoms with Crippen LogP contribution < -0.4 is 15.0 Å². The minimum Gasteiger partial charge on any atom is -0.421 e. The predicted molar refractivity (Wildman–Crippen MR) is 143 cm³/mol. The number of ether oxygens (including phenoxy) is 1. The highest BCUT2D eigenvalue weighted by molar-refractivity contribution is 7.93. The van der Waals surface area contributed by atoms with E-state index >= 15 is 0 Å². The standard InChI is InChI=1S/C21H23FN4O4S.C3H5F3O3S/c1-5-14(3)31(28,29)25-18-11-17(15-9-10-19(27)26(4)12-15)23-21(24-18)30-20-13(2)7-6-8-16(20)22;4-3(5,6)1-2-10(7,8)9/h6-12,14H,5H2,1-4H3,(H,23,24,25);1-2H2,(H,7,8,9)/t14-;/m1./s1. The van der Waals surface area contributed by atoms with Gasteiger partial charge in [-0.3, -0.25) is 14.1 Å². The molecular weight excluding hydrogens is 596 g/mol. The molecule has 17 heteroatoms. The van der Waals surface area contributed by atoms with Crippen LogP contribution in [0, 0.1) is 12.7 Å². The van der Waals surface area contributed by atoms with Crippen molar-refractivity contribution in [1.29, 1.82) is 0 Å². The van der Waals surface area contributed by atoms with Crippen molar-refractivity contribution >= 4 is 26.0 Å². The lowest BCUT2D eigenvalue weighted by atomic mass is 10.2. The second-order valence-electron chi connectivity index (χ2n) is 8.79. The molecule has 226 valence electrons. The third-order valence-corrected chi connectivity index (χ3v) is 8.05. The van der Waals surface area contributed by atoms with E-state index in [9.17, 15) is 39.2 Å². The Balaban J connectivity index is 0.000000503. The molecule has 11 nitrogen and oxygen atoms in total. The second kappa shape index (κ2) is 13.4. The molecule has 0 aliphatic heterocycles. The molecule has 2 heterocycles. The minimum absolute atomic E-state index is 0.0249. The molecule has 0 aliphatic rings. The fourth-order valence-electron chi connectivity index (χ4n) is 2.96. The summed E-state index contributed by atoms with van der Waals surface area (Å²) in [5.74, 6) is -1.95. The molecule has 1 aromatic carbocycles. The summed E-state index contributed by atoms with van der Waals surface area (Å²) in [5.41, 5.74) is 1.15. The smallest absolute Gasteiger partial charge is 0.390 e. The van der Waals surface area contributed by atoms with Crippen LogP contribution in [0.4, 0.5) is 23.4 Å². The van der Waals surface area contributed by atoms with E-state index in [2.05, 4.69) is 14.7 Å². The molecule has 3 rings (SSSR count). The highest BCUT2D eigenvalue weighted by Gasteiger charge is 2.29. The molecule has 0 amide bonds. The van der Waals surface area contributed by atoms with E-state index in [1.54, 1.807) is 52.2 Å². The molecule has 0 bridgehead atoms. The van der Waals surface area contributed by atoms with Gasteiger partial charge in [0, 0.05) is 30.9 Å². The van der Waals surface area contributed by atoms with Gasteiger partial charge in [-0.25, -0.2) is 12.8 Å². The van der Waals surface area contributed by atoms with E-state index < -0.39 is 49.6 Å². The molecule has 0 fully saturated rings. The van der Waals surface area contributed by atoms with Gasteiger partial charge in [0.1, 0.15) is 5.82 Å². The van der Waals surface area contributed by atoms with Crippen LogP contribution in [0.2, 0.25) is 0 Å². The van der Waals surface area contributed by atoms with Crippen molar-refractivity contribution in [2.24, 2.45) is 7.05 Å². The summed E-state index contributed by atoms with van der Waals surface area (Å²) in [7, 11) is -6.60. The lowest BCUT2D eigenvalue weighted by Crippen LogP contribution is -2.25. The number of benzene rings is 1. The van der Waals surface area contributed by atoms with Crippen LogP contribution in [-0.4, -0.2) is 53.1 Å². The Labute approximate surface area is 234 Å². The fourth-order valence-corrected chi connectivity index (χ4v) is 4.49. The minimum atomic E-state index is -4.53. The molecule has 0 unspecified atom stereocenters.